The zero-order valence-electron chi connectivity index (χ0n) is 12.1. The summed E-state index contributed by atoms with van der Waals surface area (Å²) in [6.07, 6.45) is 4.71. The molecule has 1 aliphatic carbocycles. The van der Waals surface area contributed by atoms with E-state index in [-0.39, 0.29) is 11.8 Å². The molecule has 1 heterocycles. The van der Waals surface area contributed by atoms with Gasteiger partial charge in [0.05, 0.1) is 0 Å². The summed E-state index contributed by atoms with van der Waals surface area (Å²) in [5, 5.41) is 6.24. The van der Waals surface area contributed by atoms with Crippen molar-refractivity contribution >= 4 is 11.7 Å². The highest BCUT2D eigenvalue weighted by Gasteiger charge is 2.29. The average Bonchev–Trinajstić information content (AvgIpc) is 3.12. The summed E-state index contributed by atoms with van der Waals surface area (Å²) in [4.78, 5) is 14.3. The van der Waals surface area contributed by atoms with Crippen molar-refractivity contribution in [3.8, 4) is 0 Å². The number of urea groups is 1. The van der Waals surface area contributed by atoms with E-state index < -0.39 is 0 Å². The molecule has 0 radical (unpaired) electrons. The van der Waals surface area contributed by atoms with Gasteiger partial charge in [-0.15, -0.1) is 0 Å². The van der Waals surface area contributed by atoms with E-state index >= 15 is 0 Å². The van der Waals surface area contributed by atoms with Gasteiger partial charge in [-0.3, -0.25) is 0 Å². The minimum absolute atomic E-state index is 0.124. The molecule has 1 unspecified atom stereocenters. The van der Waals surface area contributed by atoms with Gasteiger partial charge in [0, 0.05) is 24.8 Å². The average molecular weight is 291 g/mol. The minimum atomic E-state index is -0.334. The molecule has 1 aromatic carbocycles. The second-order valence-corrected chi connectivity index (χ2v) is 6.08. The number of carbonyl (C=O) groups excluding carboxylic acids is 1. The Kier molecular flexibility index (Phi) is 4.39. The van der Waals surface area contributed by atoms with E-state index in [4.69, 9.17) is 0 Å². The molecule has 21 heavy (non-hydrogen) atoms. The Morgan fingerprint density at radius 2 is 2.19 bits per heavy atom. The molecule has 0 spiro atoms. The summed E-state index contributed by atoms with van der Waals surface area (Å²) in [7, 11) is 0. The normalized spacial score (nSPS) is 21.3. The number of hydrogen-bond donors (Lipinski definition) is 2. The molecule has 2 fully saturated rings. The third-order valence-electron chi connectivity index (χ3n) is 4.14. The van der Waals surface area contributed by atoms with Crippen LogP contribution in [0.5, 0.6) is 0 Å². The summed E-state index contributed by atoms with van der Waals surface area (Å²) in [6, 6.07) is 6.31. The molecule has 0 aromatic heterocycles. The van der Waals surface area contributed by atoms with E-state index in [0.717, 1.165) is 26.1 Å². The van der Waals surface area contributed by atoms with Crippen LogP contribution in [0, 0.1) is 11.7 Å². The van der Waals surface area contributed by atoms with Gasteiger partial charge in [0.2, 0.25) is 0 Å². The maximum atomic E-state index is 13.2. The van der Waals surface area contributed by atoms with Gasteiger partial charge in [0.1, 0.15) is 5.82 Å². The fourth-order valence-electron chi connectivity index (χ4n) is 2.80. The van der Waals surface area contributed by atoms with Crippen molar-refractivity contribution in [3.63, 3.8) is 0 Å². The predicted octanol–water partition coefficient (Wildman–Crippen LogP) is 2.82. The molecule has 114 valence electrons. The van der Waals surface area contributed by atoms with E-state index in [1.165, 1.54) is 31.4 Å². The molecule has 2 amide bonds. The van der Waals surface area contributed by atoms with Crippen LogP contribution in [0.1, 0.15) is 25.7 Å². The Bertz CT molecular complexity index is 498. The van der Waals surface area contributed by atoms with Crippen molar-refractivity contribution in [1.82, 2.24) is 10.2 Å². The fraction of sp³-hybridized carbons (Fsp3) is 0.562. The standard InChI is InChI=1S/C16H22FN3O/c17-13-3-1-4-14(9-13)19-16(21)20(10-12-6-7-12)11-15-5-2-8-18-15/h1,3-4,9,12,15,18H,2,5-8,10-11H2,(H,19,21). The summed E-state index contributed by atoms with van der Waals surface area (Å²) in [6.45, 7) is 2.57. The Labute approximate surface area is 124 Å². The molecule has 4 nitrogen and oxygen atoms in total. The van der Waals surface area contributed by atoms with Crippen LogP contribution < -0.4 is 10.6 Å². The van der Waals surface area contributed by atoms with Crippen molar-refractivity contribution in [2.75, 3.05) is 25.0 Å². The molecule has 5 heteroatoms. The molecule has 1 saturated heterocycles. The third-order valence-corrected chi connectivity index (χ3v) is 4.14. The number of nitrogens with zero attached hydrogens (tertiary/aromatic N) is 1. The second-order valence-electron chi connectivity index (χ2n) is 6.08. The number of amides is 2. The van der Waals surface area contributed by atoms with Crippen molar-refractivity contribution < 1.29 is 9.18 Å². The Balaban J connectivity index is 1.61. The summed E-state index contributed by atoms with van der Waals surface area (Å²) >= 11 is 0. The second kappa shape index (κ2) is 6.43. The van der Waals surface area contributed by atoms with Crippen LogP contribution >= 0.6 is 0 Å². The van der Waals surface area contributed by atoms with Gasteiger partial charge in [0.15, 0.2) is 0 Å². The molecular weight excluding hydrogens is 269 g/mol. The first-order valence-corrected chi connectivity index (χ1v) is 7.75. The van der Waals surface area contributed by atoms with E-state index in [2.05, 4.69) is 10.6 Å². The van der Waals surface area contributed by atoms with Gasteiger partial charge >= 0.3 is 6.03 Å². The van der Waals surface area contributed by atoms with Gasteiger partial charge in [-0.2, -0.15) is 0 Å². The quantitative estimate of drug-likeness (QED) is 0.876. The lowest BCUT2D eigenvalue weighted by Crippen LogP contribution is -2.44. The number of benzene rings is 1. The van der Waals surface area contributed by atoms with Crippen LogP contribution in [0.3, 0.4) is 0 Å². The van der Waals surface area contributed by atoms with Crippen molar-refractivity contribution in [1.29, 1.82) is 0 Å². The van der Waals surface area contributed by atoms with Crippen LogP contribution in [0.25, 0.3) is 0 Å². The van der Waals surface area contributed by atoms with Crippen LogP contribution in [0.4, 0.5) is 14.9 Å². The van der Waals surface area contributed by atoms with Gasteiger partial charge in [-0.1, -0.05) is 6.07 Å². The topological polar surface area (TPSA) is 44.4 Å². The SMILES string of the molecule is O=C(Nc1cccc(F)c1)N(CC1CC1)CC1CCCN1. The Hall–Kier alpha value is -1.62. The van der Waals surface area contributed by atoms with Gasteiger partial charge in [0.25, 0.3) is 0 Å². The van der Waals surface area contributed by atoms with Crippen LogP contribution in [0.15, 0.2) is 24.3 Å². The highest BCUT2D eigenvalue weighted by Crippen LogP contribution is 2.30. The van der Waals surface area contributed by atoms with Crippen molar-refractivity contribution in [2.24, 2.45) is 5.92 Å². The maximum absolute atomic E-state index is 13.2. The van der Waals surface area contributed by atoms with E-state index in [1.54, 1.807) is 12.1 Å². The van der Waals surface area contributed by atoms with E-state index in [1.807, 2.05) is 4.90 Å². The van der Waals surface area contributed by atoms with Gasteiger partial charge in [-0.05, 0) is 56.3 Å². The highest BCUT2D eigenvalue weighted by atomic mass is 19.1. The lowest BCUT2D eigenvalue weighted by Gasteiger charge is -2.26. The Morgan fingerprint density at radius 3 is 2.86 bits per heavy atom. The minimum Gasteiger partial charge on any atom is -0.323 e. The zero-order chi connectivity index (χ0) is 14.7. The third kappa shape index (κ3) is 4.17. The number of carbonyl (C=O) groups is 1. The number of halogens is 1. The van der Waals surface area contributed by atoms with Crippen molar-refractivity contribution in [3.05, 3.63) is 30.1 Å². The molecule has 2 aliphatic rings. The van der Waals surface area contributed by atoms with E-state index in [9.17, 15) is 9.18 Å². The molecular formula is C16H22FN3O. The highest BCUT2D eigenvalue weighted by molar-refractivity contribution is 5.89. The van der Waals surface area contributed by atoms with E-state index in [0.29, 0.717) is 17.6 Å². The summed E-state index contributed by atoms with van der Waals surface area (Å²) < 4.78 is 13.2. The number of nitrogens with one attached hydrogen (secondary N) is 2. The number of anilines is 1. The Morgan fingerprint density at radius 1 is 1.33 bits per heavy atom. The van der Waals surface area contributed by atoms with Crippen LogP contribution in [0.2, 0.25) is 0 Å². The molecule has 0 bridgehead atoms. The zero-order valence-corrected chi connectivity index (χ0v) is 12.1. The first-order valence-electron chi connectivity index (χ1n) is 7.75. The monoisotopic (exact) mass is 291 g/mol. The summed E-state index contributed by atoms with van der Waals surface area (Å²) in [5.74, 6) is 0.309. The number of rotatable bonds is 5. The lowest BCUT2D eigenvalue weighted by molar-refractivity contribution is 0.203. The maximum Gasteiger partial charge on any atom is 0.321 e. The first-order chi connectivity index (χ1) is 10.2. The molecule has 1 aromatic rings. The molecule has 1 atom stereocenters. The summed E-state index contributed by atoms with van der Waals surface area (Å²) in [5.41, 5.74) is 0.514. The smallest absolute Gasteiger partial charge is 0.321 e. The van der Waals surface area contributed by atoms with Gasteiger partial charge < -0.3 is 15.5 Å². The lowest BCUT2D eigenvalue weighted by atomic mass is 10.2. The van der Waals surface area contributed by atoms with Crippen molar-refractivity contribution in [2.45, 2.75) is 31.7 Å². The molecule has 3 rings (SSSR count). The molecule has 1 aliphatic heterocycles. The van der Waals surface area contributed by atoms with Gasteiger partial charge in [-0.25, -0.2) is 9.18 Å². The van der Waals surface area contributed by atoms with Crippen LogP contribution in [-0.4, -0.2) is 36.6 Å². The van der Waals surface area contributed by atoms with Crippen LogP contribution in [-0.2, 0) is 0 Å². The largest absolute Gasteiger partial charge is 0.323 e. The first kappa shape index (κ1) is 14.3. The molecule has 1 saturated carbocycles. The number of hydrogen-bond acceptors (Lipinski definition) is 2. The molecule has 2 N–H and O–H groups in total. The fourth-order valence-corrected chi connectivity index (χ4v) is 2.80. The predicted molar refractivity (Wildman–Crippen MR) is 80.7 cm³/mol.